The standard InChI is InChI=1S/C17H21NO2/c1-14(13-18(2)3)19-16-11-7-8-12-17(16)20-15-9-5-4-6-10-15/h4-12,14H,13H2,1-3H3. The van der Waals surface area contributed by atoms with Gasteiger partial charge in [0.15, 0.2) is 11.5 Å². The van der Waals surface area contributed by atoms with E-state index in [2.05, 4.69) is 11.8 Å². The first-order valence-electron chi connectivity index (χ1n) is 6.78. The van der Waals surface area contributed by atoms with Crippen LogP contribution in [0.4, 0.5) is 0 Å². The van der Waals surface area contributed by atoms with Gasteiger partial charge in [0, 0.05) is 6.54 Å². The van der Waals surface area contributed by atoms with Crippen LogP contribution in [0.1, 0.15) is 6.92 Å². The number of para-hydroxylation sites is 3. The van der Waals surface area contributed by atoms with Crippen LogP contribution in [0.5, 0.6) is 17.2 Å². The molecule has 0 aliphatic heterocycles. The second-order valence-electron chi connectivity index (χ2n) is 5.05. The minimum Gasteiger partial charge on any atom is -0.485 e. The fraction of sp³-hybridized carbons (Fsp3) is 0.294. The molecule has 0 spiro atoms. The fourth-order valence-electron chi connectivity index (χ4n) is 2.02. The van der Waals surface area contributed by atoms with Crippen LogP contribution in [-0.2, 0) is 0 Å². The Morgan fingerprint density at radius 1 is 0.900 bits per heavy atom. The highest BCUT2D eigenvalue weighted by Gasteiger charge is 2.10. The molecular formula is C17H21NO2. The smallest absolute Gasteiger partial charge is 0.169 e. The van der Waals surface area contributed by atoms with Gasteiger partial charge in [0.2, 0.25) is 0 Å². The molecule has 0 saturated carbocycles. The first kappa shape index (κ1) is 14.4. The highest BCUT2D eigenvalue weighted by Crippen LogP contribution is 2.31. The van der Waals surface area contributed by atoms with Gasteiger partial charge in [-0.2, -0.15) is 0 Å². The lowest BCUT2D eigenvalue weighted by molar-refractivity contribution is 0.172. The van der Waals surface area contributed by atoms with Crippen molar-refractivity contribution in [1.29, 1.82) is 0 Å². The molecule has 0 bridgehead atoms. The predicted octanol–water partition coefficient (Wildman–Crippen LogP) is 3.81. The molecule has 106 valence electrons. The summed E-state index contributed by atoms with van der Waals surface area (Å²) >= 11 is 0. The molecule has 2 aromatic carbocycles. The molecule has 2 rings (SSSR count). The molecule has 3 heteroatoms. The van der Waals surface area contributed by atoms with Crippen LogP contribution < -0.4 is 9.47 Å². The van der Waals surface area contributed by atoms with Gasteiger partial charge in [0.25, 0.3) is 0 Å². The predicted molar refractivity (Wildman–Crippen MR) is 81.6 cm³/mol. The van der Waals surface area contributed by atoms with Crippen LogP contribution in [0.15, 0.2) is 54.6 Å². The molecule has 0 saturated heterocycles. The molecule has 0 aliphatic carbocycles. The zero-order valence-electron chi connectivity index (χ0n) is 12.2. The lowest BCUT2D eigenvalue weighted by atomic mass is 10.3. The molecule has 0 aliphatic rings. The van der Waals surface area contributed by atoms with E-state index < -0.39 is 0 Å². The van der Waals surface area contributed by atoms with E-state index >= 15 is 0 Å². The van der Waals surface area contributed by atoms with Gasteiger partial charge in [0.05, 0.1) is 0 Å². The van der Waals surface area contributed by atoms with E-state index in [1.54, 1.807) is 0 Å². The minimum atomic E-state index is 0.102. The Labute approximate surface area is 120 Å². The molecule has 0 N–H and O–H groups in total. The first-order chi connectivity index (χ1) is 9.65. The second kappa shape index (κ2) is 6.96. The Balaban J connectivity index is 2.10. The van der Waals surface area contributed by atoms with Crippen molar-refractivity contribution in [3.05, 3.63) is 54.6 Å². The van der Waals surface area contributed by atoms with Gasteiger partial charge in [-0.1, -0.05) is 30.3 Å². The van der Waals surface area contributed by atoms with Crippen molar-refractivity contribution in [3.8, 4) is 17.2 Å². The highest BCUT2D eigenvalue weighted by molar-refractivity contribution is 5.42. The molecule has 1 atom stereocenters. The van der Waals surface area contributed by atoms with Crippen LogP contribution in [0.2, 0.25) is 0 Å². The summed E-state index contributed by atoms with van der Waals surface area (Å²) in [6.45, 7) is 2.92. The van der Waals surface area contributed by atoms with Gasteiger partial charge in [0.1, 0.15) is 11.9 Å². The maximum Gasteiger partial charge on any atom is 0.169 e. The van der Waals surface area contributed by atoms with E-state index in [1.165, 1.54) is 0 Å². The molecule has 0 aromatic heterocycles. The number of nitrogens with zero attached hydrogens (tertiary/aromatic N) is 1. The number of likely N-dealkylation sites (N-methyl/N-ethyl adjacent to an activating group) is 1. The summed E-state index contributed by atoms with van der Waals surface area (Å²) < 4.78 is 11.8. The Morgan fingerprint density at radius 3 is 2.15 bits per heavy atom. The highest BCUT2D eigenvalue weighted by atomic mass is 16.5. The van der Waals surface area contributed by atoms with Gasteiger partial charge >= 0.3 is 0 Å². The van der Waals surface area contributed by atoms with Crippen LogP contribution in [0, 0.1) is 0 Å². The SMILES string of the molecule is CC(CN(C)C)Oc1ccccc1Oc1ccccc1. The van der Waals surface area contributed by atoms with E-state index in [-0.39, 0.29) is 6.10 Å². The van der Waals surface area contributed by atoms with Crippen LogP contribution in [0.3, 0.4) is 0 Å². The van der Waals surface area contributed by atoms with Crippen molar-refractivity contribution in [3.63, 3.8) is 0 Å². The molecular weight excluding hydrogens is 250 g/mol. The van der Waals surface area contributed by atoms with Crippen LogP contribution in [-0.4, -0.2) is 31.6 Å². The maximum atomic E-state index is 5.96. The largest absolute Gasteiger partial charge is 0.485 e. The number of benzene rings is 2. The summed E-state index contributed by atoms with van der Waals surface area (Å²) in [7, 11) is 4.07. The molecule has 0 amide bonds. The van der Waals surface area contributed by atoms with Crippen molar-refractivity contribution in [1.82, 2.24) is 4.90 Å². The zero-order chi connectivity index (χ0) is 14.4. The Hall–Kier alpha value is -2.00. The van der Waals surface area contributed by atoms with Gasteiger partial charge in [-0.05, 0) is 45.3 Å². The third-order valence-electron chi connectivity index (χ3n) is 2.77. The maximum absolute atomic E-state index is 5.96. The minimum absolute atomic E-state index is 0.102. The number of ether oxygens (including phenoxy) is 2. The van der Waals surface area contributed by atoms with Crippen molar-refractivity contribution in [2.75, 3.05) is 20.6 Å². The van der Waals surface area contributed by atoms with Gasteiger partial charge in [-0.3, -0.25) is 0 Å². The first-order valence-corrected chi connectivity index (χ1v) is 6.78. The number of rotatable bonds is 6. The third-order valence-corrected chi connectivity index (χ3v) is 2.77. The molecule has 0 fully saturated rings. The third kappa shape index (κ3) is 4.28. The van der Waals surface area contributed by atoms with Crippen molar-refractivity contribution >= 4 is 0 Å². The molecule has 2 aromatic rings. The average molecular weight is 271 g/mol. The van der Waals surface area contributed by atoms with Crippen molar-refractivity contribution in [2.24, 2.45) is 0 Å². The topological polar surface area (TPSA) is 21.7 Å². The van der Waals surface area contributed by atoms with E-state index in [0.717, 1.165) is 23.8 Å². The molecule has 20 heavy (non-hydrogen) atoms. The zero-order valence-corrected chi connectivity index (χ0v) is 12.2. The monoisotopic (exact) mass is 271 g/mol. The van der Waals surface area contributed by atoms with Crippen LogP contribution in [0.25, 0.3) is 0 Å². The van der Waals surface area contributed by atoms with Gasteiger partial charge in [-0.15, -0.1) is 0 Å². The summed E-state index contributed by atoms with van der Waals surface area (Å²) in [5.41, 5.74) is 0. The van der Waals surface area contributed by atoms with Crippen molar-refractivity contribution < 1.29 is 9.47 Å². The molecule has 0 heterocycles. The molecule has 0 radical (unpaired) electrons. The summed E-state index contributed by atoms with van der Waals surface area (Å²) in [6, 6.07) is 17.5. The van der Waals surface area contributed by atoms with E-state index in [1.807, 2.05) is 68.7 Å². The number of hydrogen-bond donors (Lipinski definition) is 0. The fourth-order valence-corrected chi connectivity index (χ4v) is 2.02. The van der Waals surface area contributed by atoms with E-state index in [4.69, 9.17) is 9.47 Å². The van der Waals surface area contributed by atoms with Gasteiger partial charge in [-0.25, -0.2) is 0 Å². The molecule has 3 nitrogen and oxygen atoms in total. The summed E-state index contributed by atoms with van der Waals surface area (Å²) in [5.74, 6) is 2.32. The Bertz CT molecular complexity index is 526. The van der Waals surface area contributed by atoms with Crippen molar-refractivity contribution in [2.45, 2.75) is 13.0 Å². The Kier molecular flexibility index (Phi) is 5.02. The summed E-state index contributed by atoms with van der Waals surface area (Å²) in [5, 5.41) is 0. The summed E-state index contributed by atoms with van der Waals surface area (Å²) in [4.78, 5) is 2.10. The average Bonchev–Trinajstić information content (AvgIpc) is 2.41. The van der Waals surface area contributed by atoms with E-state index in [0.29, 0.717) is 0 Å². The summed E-state index contributed by atoms with van der Waals surface area (Å²) in [6.07, 6.45) is 0.102. The quantitative estimate of drug-likeness (QED) is 0.797. The van der Waals surface area contributed by atoms with E-state index in [9.17, 15) is 0 Å². The molecule has 1 unspecified atom stereocenters. The lowest BCUT2D eigenvalue weighted by Crippen LogP contribution is -2.28. The number of hydrogen-bond acceptors (Lipinski definition) is 3. The second-order valence-corrected chi connectivity index (χ2v) is 5.05. The van der Waals surface area contributed by atoms with Crippen LogP contribution >= 0.6 is 0 Å². The normalized spacial score (nSPS) is 12.2. The van der Waals surface area contributed by atoms with Gasteiger partial charge < -0.3 is 14.4 Å². The Morgan fingerprint density at radius 2 is 1.50 bits per heavy atom. The lowest BCUT2D eigenvalue weighted by Gasteiger charge is -2.20.